The van der Waals surface area contributed by atoms with Crippen LogP contribution in [-0.4, -0.2) is 77.5 Å². The van der Waals surface area contributed by atoms with E-state index in [4.69, 9.17) is 18.9 Å². The van der Waals surface area contributed by atoms with Crippen LogP contribution in [0.15, 0.2) is 59.5 Å². The number of aliphatic hydroxyl groups excluding tert-OH is 1. The van der Waals surface area contributed by atoms with Crippen LogP contribution in [-0.2, 0) is 32.0 Å². The highest BCUT2D eigenvalue weighted by molar-refractivity contribution is 7.89. The molecular formula is C30H42N2O7S. The minimum absolute atomic E-state index is 0.0892. The van der Waals surface area contributed by atoms with Gasteiger partial charge in [0.05, 0.1) is 49.9 Å². The maximum absolute atomic E-state index is 13.8. The first-order chi connectivity index (χ1) is 19.4. The number of nitrogens with zero attached hydrogens (tertiary/aromatic N) is 1. The van der Waals surface area contributed by atoms with Crippen LogP contribution >= 0.6 is 0 Å². The van der Waals surface area contributed by atoms with Gasteiger partial charge >= 0.3 is 6.09 Å². The van der Waals surface area contributed by atoms with Gasteiger partial charge in [-0.15, -0.1) is 4.31 Å². The SMILES string of the molecule is CC(C)CN(C[C@@H](O)[C@H](Cc1ccccc1)NC(=O)O[C@H]1CCOC1)[S+]([O-])c1cccc(OC2CCCCO2)c1. The fraction of sp³-hybridized carbons (Fsp3) is 0.567. The van der Waals surface area contributed by atoms with E-state index in [1.54, 1.807) is 16.4 Å². The van der Waals surface area contributed by atoms with Crippen molar-refractivity contribution in [2.75, 3.05) is 32.9 Å². The molecule has 0 spiro atoms. The van der Waals surface area contributed by atoms with Gasteiger partial charge in [-0.05, 0) is 42.9 Å². The highest BCUT2D eigenvalue weighted by atomic mass is 32.2. The summed E-state index contributed by atoms with van der Waals surface area (Å²) in [5.74, 6) is 0.795. The predicted molar refractivity (Wildman–Crippen MR) is 152 cm³/mol. The molecule has 0 bridgehead atoms. The van der Waals surface area contributed by atoms with Gasteiger partial charge in [0.1, 0.15) is 11.9 Å². The Kier molecular flexibility index (Phi) is 11.9. The third-order valence-corrected chi connectivity index (χ3v) is 8.26. The number of carbonyl (C=O) groups is 1. The number of hydrogen-bond acceptors (Lipinski definition) is 8. The van der Waals surface area contributed by atoms with Crippen LogP contribution in [0.1, 0.15) is 45.1 Å². The minimum atomic E-state index is -1.57. The molecule has 5 atom stereocenters. The maximum Gasteiger partial charge on any atom is 0.407 e. The second kappa shape index (κ2) is 15.6. The Morgan fingerprint density at radius 1 is 1.12 bits per heavy atom. The molecule has 0 saturated carbocycles. The molecule has 0 aliphatic carbocycles. The summed E-state index contributed by atoms with van der Waals surface area (Å²) in [5, 5.41) is 14.3. The van der Waals surface area contributed by atoms with Crippen molar-refractivity contribution in [1.82, 2.24) is 9.62 Å². The van der Waals surface area contributed by atoms with Crippen LogP contribution in [0, 0.1) is 5.92 Å². The summed E-state index contributed by atoms with van der Waals surface area (Å²) < 4.78 is 38.1. The average Bonchev–Trinajstić information content (AvgIpc) is 3.46. The second-order valence-corrected chi connectivity index (χ2v) is 12.3. The number of ether oxygens (including phenoxy) is 4. The summed E-state index contributed by atoms with van der Waals surface area (Å²) >= 11 is -1.57. The highest BCUT2D eigenvalue weighted by Gasteiger charge is 2.32. The van der Waals surface area contributed by atoms with Gasteiger partial charge in [-0.2, -0.15) is 0 Å². The molecule has 2 aromatic carbocycles. The maximum atomic E-state index is 13.8. The standard InChI is InChI=1S/C30H42N2O7S/c1-22(2)19-32(40(35)26-12-8-11-24(18-26)38-29-13-6-7-15-37-29)20-28(33)27(17-23-9-4-3-5-10-23)31-30(34)39-25-14-16-36-21-25/h3-5,8-12,18,22,25,27-29,33H,6-7,13-17,19-21H2,1-2H3,(H,31,34)/t25-,27-,28+,29?,40?/m0/s1. The van der Waals surface area contributed by atoms with Crippen molar-refractivity contribution in [2.45, 2.75) is 75.4 Å². The molecule has 2 aliphatic rings. The van der Waals surface area contributed by atoms with Crippen LogP contribution in [0.2, 0.25) is 0 Å². The normalized spacial score (nSPS) is 21.6. The smallest absolute Gasteiger partial charge is 0.407 e. The zero-order chi connectivity index (χ0) is 28.3. The number of benzene rings is 2. The van der Waals surface area contributed by atoms with Gasteiger partial charge in [-0.3, -0.25) is 0 Å². The van der Waals surface area contributed by atoms with Gasteiger partial charge in [0.2, 0.25) is 0 Å². The van der Waals surface area contributed by atoms with Crippen molar-refractivity contribution in [2.24, 2.45) is 5.92 Å². The van der Waals surface area contributed by atoms with Crippen LogP contribution < -0.4 is 10.1 Å². The lowest BCUT2D eigenvalue weighted by atomic mass is 10.0. The molecule has 40 heavy (non-hydrogen) atoms. The molecule has 2 aromatic rings. The number of alkyl carbamates (subject to hydrolysis) is 1. The van der Waals surface area contributed by atoms with Crippen molar-refractivity contribution in [3.05, 3.63) is 60.2 Å². The van der Waals surface area contributed by atoms with Gasteiger partial charge in [-0.1, -0.05) is 50.2 Å². The first-order valence-electron chi connectivity index (χ1n) is 14.2. The van der Waals surface area contributed by atoms with E-state index in [1.807, 2.05) is 56.3 Å². The van der Waals surface area contributed by atoms with Crippen molar-refractivity contribution in [3.63, 3.8) is 0 Å². The van der Waals surface area contributed by atoms with E-state index in [0.717, 1.165) is 24.8 Å². The van der Waals surface area contributed by atoms with Gasteiger partial charge in [0, 0.05) is 25.5 Å². The Labute approximate surface area is 240 Å². The Balaban J connectivity index is 1.46. The van der Waals surface area contributed by atoms with Gasteiger partial charge in [-0.25, -0.2) is 4.79 Å². The molecule has 2 saturated heterocycles. The molecule has 2 heterocycles. The molecule has 0 radical (unpaired) electrons. The topological polar surface area (TPSA) is 113 Å². The lowest BCUT2D eigenvalue weighted by molar-refractivity contribution is -0.106. The molecule has 2 N–H and O–H groups in total. The Morgan fingerprint density at radius 3 is 2.65 bits per heavy atom. The van der Waals surface area contributed by atoms with E-state index < -0.39 is 29.6 Å². The van der Waals surface area contributed by atoms with E-state index in [-0.39, 0.29) is 24.9 Å². The minimum Gasteiger partial charge on any atom is -0.593 e. The quantitative estimate of drug-likeness (QED) is 0.345. The van der Waals surface area contributed by atoms with Crippen molar-refractivity contribution < 1.29 is 33.4 Å². The fourth-order valence-corrected chi connectivity index (χ4v) is 6.24. The van der Waals surface area contributed by atoms with E-state index in [1.165, 1.54) is 0 Å². The molecule has 2 unspecified atom stereocenters. The average molecular weight is 575 g/mol. The number of amides is 1. The Bertz CT molecular complexity index is 1030. The number of carbonyl (C=O) groups excluding carboxylic acids is 1. The van der Waals surface area contributed by atoms with Crippen LogP contribution in [0.4, 0.5) is 4.79 Å². The van der Waals surface area contributed by atoms with Crippen LogP contribution in [0.3, 0.4) is 0 Å². The van der Waals surface area contributed by atoms with Crippen molar-refractivity contribution in [1.29, 1.82) is 0 Å². The molecule has 10 heteroatoms. The van der Waals surface area contributed by atoms with Crippen molar-refractivity contribution >= 4 is 17.5 Å². The summed E-state index contributed by atoms with van der Waals surface area (Å²) in [7, 11) is 0. The Morgan fingerprint density at radius 2 is 1.95 bits per heavy atom. The van der Waals surface area contributed by atoms with Crippen LogP contribution in [0.25, 0.3) is 0 Å². The fourth-order valence-electron chi connectivity index (χ4n) is 4.81. The lowest BCUT2D eigenvalue weighted by Gasteiger charge is -2.31. The van der Waals surface area contributed by atoms with Gasteiger partial charge < -0.3 is 33.9 Å². The van der Waals surface area contributed by atoms with E-state index in [2.05, 4.69) is 5.32 Å². The molecule has 9 nitrogen and oxygen atoms in total. The molecular weight excluding hydrogens is 532 g/mol. The summed E-state index contributed by atoms with van der Waals surface area (Å²) in [4.78, 5) is 13.3. The zero-order valence-corrected chi connectivity index (χ0v) is 24.2. The van der Waals surface area contributed by atoms with Gasteiger partial charge in [0.15, 0.2) is 11.2 Å². The van der Waals surface area contributed by atoms with Crippen LogP contribution in [0.5, 0.6) is 5.75 Å². The summed E-state index contributed by atoms with van der Waals surface area (Å²) in [6.07, 6.45) is 1.75. The Hall–Kier alpha value is -2.34. The molecule has 2 fully saturated rings. The van der Waals surface area contributed by atoms with E-state index >= 15 is 0 Å². The van der Waals surface area contributed by atoms with E-state index in [9.17, 15) is 14.5 Å². The molecule has 4 rings (SSSR count). The largest absolute Gasteiger partial charge is 0.593 e. The number of aliphatic hydroxyl groups is 1. The summed E-state index contributed by atoms with van der Waals surface area (Å²) in [5.41, 5.74) is 0.961. The number of nitrogens with one attached hydrogen (secondary N) is 1. The van der Waals surface area contributed by atoms with Gasteiger partial charge in [0.25, 0.3) is 0 Å². The third-order valence-electron chi connectivity index (χ3n) is 6.83. The molecule has 1 amide bonds. The highest BCUT2D eigenvalue weighted by Crippen LogP contribution is 2.25. The number of hydrogen-bond donors (Lipinski definition) is 2. The molecule has 220 valence electrons. The first-order valence-corrected chi connectivity index (χ1v) is 15.3. The predicted octanol–water partition coefficient (Wildman–Crippen LogP) is 4.06. The summed E-state index contributed by atoms with van der Waals surface area (Å²) in [6.45, 7) is 6.26. The van der Waals surface area contributed by atoms with Crippen molar-refractivity contribution in [3.8, 4) is 5.75 Å². The monoisotopic (exact) mass is 574 g/mol. The van der Waals surface area contributed by atoms with E-state index in [0.29, 0.717) is 49.9 Å². The first kappa shape index (κ1) is 30.6. The lowest BCUT2D eigenvalue weighted by Crippen LogP contribution is -2.51. The zero-order valence-electron chi connectivity index (χ0n) is 23.4. The third kappa shape index (κ3) is 9.64. The summed E-state index contributed by atoms with van der Waals surface area (Å²) in [6, 6.07) is 16.2. The molecule has 0 aromatic heterocycles. The number of rotatable bonds is 13. The molecule has 2 aliphatic heterocycles. The second-order valence-electron chi connectivity index (χ2n) is 10.8.